The summed E-state index contributed by atoms with van der Waals surface area (Å²) in [4.78, 5) is 4.63. The quantitative estimate of drug-likeness (QED) is 0.417. The first kappa shape index (κ1) is 8.45. The van der Waals surface area contributed by atoms with Gasteiger partial charge in [-0.15, -0.1) is 0 Å². The second kappa shape index (κ2) is 4.34. The minimum Gasteiger partial charge on any atom is -0.391 e. The second-order valence-corrected chi connectivity index (χ2v) is 1.82. The van der Waals surface area contributed by atoms with Gasteiger partial charge in [0.15, 0.2) is 0 Å². The molecule has 0 aliphatic carbocycles. The van der Waals surface area contributed by atoms with E-state index in [2.05, 4.69) is 9.99 Å². The lowest BCUT2D eigenvalue weighted by molar-refractivity contribution is 0.0867. The van der Waals surface area contributed by atoms with Crippen LogP contribution in [0.15, 0.2) is 5.16 Å². The number of nitrogens with zero attached hydrogens (tertiary/aromatic N) is 3. The van der Waals surface area contributed by atoms with Crippen molar-refractivity contribution in [1.82, 2.24) is 0 Å². The molecule has 0 aromatic heterocycles. The molecule has 0 aliphatic rings. The van der Waals surface area contributed by atoms with Gasteiger partial charge in [0.05, 0.1) is 0 Å². The Hall–Kier alpha value is -1.55. The van der Waals surface area contributed by atoms with E-state index >= 15 is 0 Å². The maximum Gasteiger partial charge on any atom is 0.256 e. The van der Waals surface area contributed by atoms with Gasteiger partial charge in [0.2, 0.25) is 0 Å². The Morgan fingerprint density at radius 1 is 1.40 bits per heavy atom. The normalized spacial score (nSPS) is 7.70. The molecule has 0 aromatic carbocycles. The van der Waals surface area contributed by atoms with Crippen LogP contribution < -0.4 is 0 Å². The van der Waals surface area contributed by atoms with Crippen molar-refractivity contribution >= 4 is 5.71 Å². The van der Waals surface area contributed by atoms with E-state index in [9.17, 15) is 0 Å². The van der Waals surface area contributed by atoms with Crippen molar-refractivity contribution < 1.29 is 4.84 Å². The smallest absolute Gasteiger partial charge is 0.256 e. The summed E-state index contributed by atoms with van der Waals surface area (Å²) in [7, 11) is 0. The van der Waals surface area contributed by atoms with Gasteiger partial charge in [-0.1, -0.05) is 5.16 Å². The van der Waals surface area contributed by atoms with Crippen molar-refractivity contribution in [3.63, 3.8) is 0 Å². The number of oxime groups is 1. The molecule has 4 heteroatoms. The van der Waals surface area contributed by atoms with Crippen LogP contribution >= 0.6 is 0 Å². The number of rotatable bonds is 2. The van der Waals surface area contributed by atoms with E-state index in [-0.39, 0.29) is 11.8 Å². The van der Waals surface area contributed by atoms with E-state index in [1.165, 1.54) is 0 Å². The van der Waals surface area contributed by atoms with E-state index in [0.29, 0.717) is 0 Å². The first-order chi connectivity index (χ1) is 4.70. The largest absolute Gasteiger partial charge is 0.391 e. The standard InChI is InChI=1S/C6H7N3O/c1-5(2)10-9-6(3-7)4-8/h5H,1-2H3. The third-order valence-electron chi connectivity index (χ3n) is 0.567. The van der Waals surface area contributed by atoms with Crippen molar-refractivity contribution in [3.05, 3.63) is 0 Å². The minimum absolute atomic E-state index is 0.100. The van der Waals surface area contributed by atoms with Gasteiger partial charge in [-0.05, 0) is 13.8 Å². The molecule has 0 aromatic rings. The Balaban J connectivity index is 3.94. The predicted octanol–water partition coefficient (Wildman–Crippen LogP) is 0.815. The summed E-state index contributed by atoms with van der Waals surface area (Å²) in [5.74, 6) is 0. The van der Waals surface area contributed by atoms with Crippen LogP contribution in [0.1, 0.15) is 13.8 Å². The molecular weight excluding hydrogens is 130 g/mol. The highest BCUT2D eigenvalue weighted by Crippen LogP contribution is 1.88. The van der Waals surface area contributed by atoms with E-state index in [1.54, 1.807) is 26.0 Å². The van der Waals surface area contributed by atoms with Crippen LogP contribution in [0.3, 0.4) is 0 Å². The summed E-state index contributed by atoms with van der Waals surface area (Å²) in [6, 6.07) is 3.14. The van der Waals surface area contributed by atoms with Crippen LogP contribution in [0.5, 0.6) is 0 Å². The maximum atomic E-state index is 8.16. The zero-order chi connectivity index (χ0) is 7.98. The van der Waals surface area contributed by atoms with Gasteiger partial charge in [0, 0.05) is 0 Å². The highest BCUT2D eigenvalue weighted by Gasteiger charge is 1.94. The summed E-state index contributed by atoms with van der Waals surface area (Å²) in [5.41, 5.74) is -0.256. The number of nitriles is 2. The third-order valence-corrected chi connectivity index (χ3v) is 0.567. The molecule has 0 spiro atoms. The summed E-state index contributed by atoms with van der Waals surface area (Å²) >= 11 is 0. The lowest BCUT2D eigenvalue weighted by Crippen LogP contribution is -1.99. The summed E-state index contributed by atoms with van der Waals surface area (Å²) in [5, 5.41) is 19.6. The van der Waals surface area contributed by atoms with Crippen molar-refractivity contribution in [2.75, 3.05) is 0 Å². The predicted molar refractivity (Wildman–Crippen MR) is 34.9 cm³/mol. The molecule has 10 heavy (non-hydrogen) atoms. The SMILES string of the molecule is CC(C)ON=C(C#N)C#N. The van der Waals surface area contributed by atoms with Gasteiger partial charge < -0.3 is 4.84 Å². The molecular formula is C6H7N3O. The maximum absolute atomic E-state index is 8.16. The Kier molecular flexibility index (Phi) is 3.67. The van der Waals surface area contributed by atoms with Gasteiger partial charge in [-0.3, -0.25) is 0 Å². The van der Waals surface area contributed by atoms with Crippen molar-refractivity contribution in [3.8, 4) is 12.1 Å². The van der Waals surface area contributed by atoms with E-state index in [1.807, 2.05) is 0 Å². The molecule has 0 saturated carbocycles. The zero-order valence-electron chi connectivity index (χ0n) is 5.83. The first-order valence-electron chi connectivity index (χ1n) is 2.74. The molecule has 0 saturated heterocycles. The van der Waals surface area contributed by atoms with E-state index in [0.717, 1.165) is 0 Å². The molecule has 0 atom stereocenters. The molecule has 0 fully saturated rings. The van der Waals surface area contributed by atoms with Crippen LogP contribution in [0.4, 0.5) is 0 Å². The Labute approximate surface area is 59.3 Å². The molecule has 0 unspecified atom stereocenters. The average Bonchev–Trinajstić information content (AvgIpc) is 1.90. The zero-order valence-corrected chi connectivity index (χ0v) is 5.83. The molecule has 0 radical (unpaired) electrons. The second-order valence-electron chi connectivity index (χ2n) is 1.82. The summed E-state index contributed by atoms with van der Waals surface area (Å²) in [6.07, 6.45) is -0.100. The molecule has 0 N–H and O–H groups in total. The monoisotopic (exact) mass is 137 g/mol. The average molecular weight is 137 g/mol. The van der Waals surface area contributed by atoms with E-state index in [4.69, 9.17) is 10.5 Å². The van der Waals surface area contributed by atoms with Gasteiger partial charge in [0.25, 0.3) is 5.71 Å². The number of hydrogen-bond acceptors (Lipinski definition) is 4. The molecule has 52 valence electrons. The Morgan fingerprint density at radius 3 is 2.20 bits per heavy atom. The van der Waals surface area contributed by atoms with Gasteiger partial charge in [-0.25, -0.2) is 0 Å². The van der Waals surface area contributed by atoms with Crippen LogP contribution in [0, 0.1) is 22.7 Å². The fraction of sp³-hybridized carbons (Fsp3) is 0.500. The molecule has 0 bridgehead atoms. The fourth-order valence-electron chi connectivity index (χ4n) is 0.224. The summed E-state index contributed by atoms with van der Waals surface area (Å²) in [6.45, 7) is 3.52. The molecule has 0 aliphatic heterocycles. The van der Waals surface area contributed by atoms with Crippen molar-refractivity contribution in [2.24, 2.45) is 5.16 Å². The van der Waals surface area contributed by atoms with E-state index < -0.39 is 0 Å². The lowest BCUT2D eigenvalue weighted by Gasteiger charge is -1.98. The third kappa shape index (κ3) is 3.45. The minimum atomic E-state index is -0.256. The molecule has 0 heterocycles. The molecule has 0 rings (SSSR count). The van der Waals surface area contributed by atoms with Crippen LogP contribution in [-0.4, -0.2) is 11.8 Å². The van der Waals surface area contributed by atoms with Gasteiger partial charge in [0.1, 0.15) is 18.2 Å². The Morgan fingerprint density at radius 2 is 1.90 bits per heavy atom. The van der Waals surface area contributed by atoms with Crippen LogP contribution in [0.25, 0.3) is 0 Å². The molecule has 0 amide bonds. The summed E-state index contributed by atoms with van der Waals surface area (Å²) < 4.78 is 0. The fourth-order valence-corrected chi connectivity index (χ4v) is 0.224. The highest BCUT2D eigenvalue weighted by atomic mass is 16.6. The van der Waals surface area contributed by atoms with Crippen LogP contribution in [-0.2, 0) is 4.84 Å². The first-order valence-corrected chi connectivity index (χ1v) is 2.74. The van der Waals surface area contributed by atoms with Crippen molar-refractivity contribution in [2.45, 2.75) is 20.0 Å². The number of hydrogen-bond donors (Lipinski definition) is 0. The Bertz CT molecular complexity index is 190. The van der Waals surface area contributed by atoms with Crippen molar-refractivity contribution in [1.29, 1.82) is 10.5 Å². The highest BCUT2D eigenvalue weighted by molar-refractivity contribution is 6.09. The van der Waals surface area contributed by atoms with Gasteiger partial charge >= 0.3 is 0 Å². The molecule has 4 nitrogen and oxygen atoms in total. The lowest BCUT2D eigenvalue weighted by atomic mass is 10.5. The topological polar surface area (TPSA) is 69.2 Å². The van der Waals surface area contributed by atoms with Gasteiger partial charge in [-0.2, -0.15) is 10.5 Å². The van der Waals surface area contributed by atoms with Crippen LogP contribution in [0.2, 0.25) is 0 Å².